The molecule has 0 unspecified atom stereocenters. The Labute approximate surface area is 228 Å². The van der Waals surface area contributed by atoms with Gasteiger partial charge in [0.15, 0.2) is 18.1 Å². The van der Waals surface area contributed by atoms with Crippen molar-refractivity contribution in [2.75, 3.05) is 31.3 Å². The van der Waals surface area contributed by atoms with Crippen LogP contribution in [0.3, 0.4) is 0 Å². The van der Waals surface area contributed by atoms with E-state index >= 15 is 0 Å². The van der Waals surface area contributed by atoms with E-state index in [9.17, 15) is 4.79 Å². The zero-order chi connectivity index (χ0) is 26.0. The van der Waals surface area contributed by atoms with Gasteiger partial charge in [-0.15, -0.1) is 5.10 Å². The first kappa shape index (κ1) is 26.6. The highest BCUT2D eigenvalue weighted by Crippen LogP contribution is 2.33. The van der Waals surface area contributed by atoms with Crippen molar-refractivity contribution >= 4 is 39.3 Å². The Hall–Kier alpha value is -3.41. The number of ether oxygens (including phenoxy) is 2. The van der Waals surface area contributed by atoms with Gasteiger partial charge in [-0.2, -0.15) is 4.68 Å². The number of tetrazole rings is 1. The highest BCUT2D eigenvalue weighted by Gasteiger charge is 2.13. The third kappa shape index (κ3) is 7.54. The summed E-state index contributed by atoms with van der Waals surface area (Å²) in [6.07, 6.45) is 0. The topological polar surface area (TPSA) is 103 Å². The largest absolute Gasteiger partial charge is 0.493 e. The molecular formula is C26H27BrN6O3S. The number of methoxy groups -OCH3 is 1. The zero-order valence-corrected chi connectivity index (χ0v) is 22.9. The number of aryl methyl sites for hydroxylation is 1. The Morgan fingerprint density at radius 1 is 1.08 bits per heavy atom. The maximum absolute atomic E-state index is 12.3. The van der Waals surface area contributed by atoms with Crippen molar-refractivity contribution in [1.82, 2.24) is 25.5 Å². The Balaban J connectivity index is 1.26. The van der Waals surface area contributed by atoms with Crippen molar-refractivity contribution in [3.05, 3.63) is 82.3 Å². The lowest BCUT2D eigenvalue weighted by molar-refractivity contribution is -0.118. The van der Waals surface area contributed by atoms with E-state index in [1.165, 1.54) is 0 Å². The van der Waals surface area contributed by atoms with Crippen LogP contribution < -0.4 is 20.1 Å². The fourth-order valence-electron chi connectivity index (χ4n) is 3.40. The van der Waals surface area contributed by atoms with Gasteiger partial charge in [-0.1, -0.05) is 63.6 Å². The summed E-state index contributed by atoms with van der Waals surface area (Å²) in [6.45, 7) is 3.23. The van der Waals surface area contributed by atoms with Gasteiger partial charge in [0, 0.05) is 29.0 Å². The molecule has 0 atom stereocenters. The molecule has 0 aliphatic rings. The fourth-order valence-corrected chi connectivity index (χ4v) is 4.65. The molecule has 3 aromatic carbocycles. The molecule has 0 aliphatic carbocycles. The van der Waals surface area contributed by atoms with Crippen LogP contribution >= 0.6 is 27.7 Å². The molecule has 0 saturated carbocycles. The lowest BCUT2D eigenvalue weighted by atomic mass is 10.2. The van der Waals surface area contributed by atoms with E-state index < -0.39 is 0 Å². The van der Waals surface area contributed by atoms with E-state index in [-0.39, 0.29) is 12.5 Å². The summed E-state index contributed by atoms with van der Waals surface area (Å²) in [5.74, 6) is 1.59. The summed E-state index contributed by atoms with van der Waals surface area (Å²) in [6, 6.07) is 21.1. The second kappa shape index (κ2) is 13.2. The van der Waals surface area contributed by atoms with Gasteiger partial charge in [0.25, 0.3) is 5.91 Å². The Morgan fingerprint density at radius 3 is 2.62 bits per heavy atom. The number of aromatic nitrogens is 4. The van der Waals surface area contributed by atoms with Gasteiger partial charge in [-0.3, -0.25) is 4.79 Å². The van der Waals surface area contributed by atoms with Crippen LogP contribution in [0.5, 0.6) is 11.5 Å². The molecule has 192 valence electrons. The van der Waals surface area contributed by atoms with Gasteiger partial charge in [-0.25, -0.2) is 0 Å². The minimum Gasteiger partial charge on any atom is -0.493 e. The average Bonchev–Trinajstić information content (AvgIpc) is 3.38. The van der Waals surface area contributed by atoms with Crippen molar-refractivity contribution in [2.45, 2.75) is 18.6 Å². The monoisotopic (exact) mass is 582 g/mol. The summed E-state index contributed by atoms with van der Waals surface area (Å²) >= 11 is 5.18. The minimum absolute atomic E-state index is 0.131. The van der Waals surface area contributed by atoms with Crippen molar-refractivity contribution in [2.24, 2.45) is 0 Å². The van der Waals surface area contributed by atoms with Gasteiger partial charge in [0.1, 0.15) is 0 Å². The first-order valence-electron chi connectivity index (χ1n) is 11.6. The maximum Gasteiger partial charge on any atom is 0.262 e. The Morgan fingerprint density at radius 2 is 1.86 bits per heavy atom. The number of thioether (sulfide) groups is 1. The van der Waals surface area contributed by atoms with Gasteiger partial charge < -0.3 is 20.1 Å². The number of carbonyl (C=O) groups excluding carboxylic acids is 1. The van der Waals surface area contributed by atoms with E-state index in [2.05, 4.69) is 42.1 Å². The number of carbonyl (C=O) groups is 1. The summed E-state index contributed by atoms with van der Waals surface area (Å²) in [4.78, 5) is 12.3. The third-order valence-electron chi connectivity index (χ3n) is 5.29. The lowest BCUT2D eigenvalue weighted by Gasteiger charge is -2.14. The number of amides is 1. The number of halogens is 1. The molecule has 9 nitrogen and oxygen atoms in total. The van der Waals surface area contributed by atoms with E-state index in [1.54, 1.807) is 23.6 Å². The zero-order valence-electron chi connectivity index (χ0n) is 20.5. The molecular weight excluding hydrogens is 556 g/mol. The maximum atomic E-state index is 12.3. The van der Waals surface area contributed by atoms with Crippen molar-refractivity contribution < 1.29 is 14.3 Å². The normalized spacial score (nSPS) is 10.8. The van der Waals surface area contributed by atoms with Gasteiger partial charge in [0.2, 0.25) is 5.16 Å². The number of hydrogen-bond donors (Lipinski definition) is 2. The van der Waals surface area contributed by atoms with Crippen LogP contribution in [0.2, 0.25) is 0 Å². The van der Waals surface area contributed by atoms with Gasteiger partial charge in [-0.05, 0) is 59.3 Å². The number of nitrogens with zero attached hydrogens (tertiary/aromatic N) is 4. The molecule has 0 bridgehead atoms. The van der Waals surface area contributed by atoms with Crippen LogP contribution in [0.25, 0.3) is 5.69 Å². The molecule has 0 saturated heterocycles. The molecule has 0 fully saturated rings. The van der Waals surface area contributed by atoms with Crippen molar-refractivity contribution in [3.63, 3.8) is 0 Å². The van der Waals surface area contributed by atoms with Gasteiger partial charge >= 0.3 is 0 Å². The molecule has 4 rings (SSSR count). The number of hydrogen-bond acceptors (Lipinski definition) is 8. The third-order valence-corrected chi connectivity index (χ3v) is 6.95. The molecule has 0 radical (unpaired) electrons. The molecule has 37 heavy (non-hydrogen) atoms. The van der Waals surface area contributed by atoms with E-state index in [0.29, 0.717) is 18.0 Å². The molecule has 1 amide bonds. The van der Waals surface area contributed by atoms with Crippen LogP contribution in [0, 0.1) is 6.92 Å². The smallest absolute Gasteiger partial charge is 0.262 e. The number of rotatable bonds is 12. The molecule has 1 heterocycles. The molecule has 1 aromatic heterocycles. The van der Waals surface area contributed by atoms with Crippen LogP contribution in [0.4, 0.5) is 5.69 Å². The lowest BCUT2D eigenvalue weighted by Crippen LogP contribution is -2.20. The second-order valence-corrected chi connectivity index (χ2v) is 9.95. The second-order valence-electron chi connectivity index (χ2n) is 8.03. The molecule has 11 heteroatoms. The summed E-state index contributed by atoms with van der Waals surface area (Å²) in [5, 5.41) is 19.0. The average molecular weight is 584 g/mol. The highest BCUT2D eigenvalue weighted by atomic mass is 79.9. The predicted molar refractivity (Wildman–Crippen MR) is 148 cm³/mol. The van der Waals surface area contributed by atoms with Crippen molar-refractivity contribution in [3.8, 4) is 17.2 Å². The van der Waals surface area contributed by atoms with E-state index in [1.807, 2.05) is 73.7 Å². The molecule has 4 aromatic rings. The van der Waals surface area contributed by atoms with E-state index in [0.717, 1.165) is 44.4 Å². The van der Waals surface area contributed by atoms with Crippen LogP contribution in [0.1, 0.15) is 11.1 Å². The van der Waals surface area contributed by atoms with Crippen molar-refractivity contribution in [1.29, 1.82) is 0 Å². The standard InChI is InChI=1S/C26H27BrN6O3S/c1-18-8-10-20(11-9-18)29-25(34)17-36-24-15-22(27)19(14-23(24)35-2)16-28-12-13-37-26-30-31-32-33(26)21-6-4-3-5-7-21/h3-11,14-15,28H,12-13,16-17H2,1-2H3,(H,29,34). The fraction of sp³-hybridized carbons (Fsp3) is 0.231. The summed E-state index contributed by atoms with van der Waals surface area (Å²) in [7, 11) is 1.58. The van der Waals surface area contributed by atoms with Crippen LogP contribution in [0.15, 0.2) is 76.4 Å². The number of anilines is 1. The number of nitrogens with one attached hydrogen (secondary N) is 2. The first-order valence-corrected chi connectivity index (χ1v) is 13.3. The molecule has 0 aliphatic heterocycles. The van der Waals surface area contributed by atoms with E-state index in [4.69, 9.17) is 9.47 Å². The van der Waals surface area contributed by atoms with Crippen LogP contribution in [-0.2, 0) is 11.3 Å². The minimum atomic E-state index is -0.247. The molecule has 0 spiro atoms. The summed E-state index contributed by atoms with van der Waals surface area (Å²) < 4.78 is 13.8. The Kier molecular flexibility index (Phi) is 9.52. The Bertz CT molecular complexity index is 1320. The van der Waals surface area contributed by atoms with Gasteiger partial charge in [0.05, 0.1) is 12.8 Å². The highest BCUT2D eigenvalue weighted by molar-refractivity contribution is 9.10. The van der Waals surface area contributed by atoms with Crippen LogP contribution in [-0.4, -0.2) is 52.1 Å². The molecule has 2 N–H and O–H groups in total. The number of para-hydroxylation sites is 1. The SMILES string of the molecule is COc1cc(CNCCSc2nnnn2-c2ccccc2)c(Br)cc1OCC(=O)Nc1ccc(C)cc1. The number of benzene rings is 3. The quantitative estimate of drug-likeness (QED) is 0.184. The summed E-state index contributed by atoms with van der Waals surface area (Å²) in [5.41, 5.74) is 3.78. The predicted octanol–water partition coefficient (Wildman–Crippen LogP) is 4.64. The first-order chi connectivity index (χ1) is 18.0.